The Bertz CT molecular complexity index is 786. The molecule has 1 aromatic heterocycles. The molecule has 5 nitrogen and oxygen atoms in total. The molecule has 8 heteroatoms. The normalized spacial score (nSPS) is 12.4. The fourth-order valence-electron chi connectivity index (χ4n) is 2.48. The molecule has 1 atom stereocenters. The number of nitrogens with zero attached hydrogens (tertiary/aromatic N) is 2. The van der Waals surface area contributed by atoms with Crippen molar-refractivity contribution < 1.29 is 27.4 Å². The Morgan fingerprint density at radius 3 is 2.56 bits per heavy atom. The van der Waals surface area contributed by atoms with Gasteiger partial charge in [0.25, 0.3) is 0 Å². The Hall–Kier alpha value is -2.63. The van der Waals surface area contributed by atoms with Crippen molar-refractivity contribution in [2.45, 2.75) is 32.0 Å². The summed E-state index contributed by atoms with van der Waals surface area (Å²) in [7, 11) is 1.26. The number of alkyl halides is 3. The third-order valence-corrected chi connectivity index (χ3v) is 3.64. The molecule has 0 aliphatic heterocycles. The van der Waals surface area contributed by atoms with E-state index in [-0.39, 0.29) is 11.3 Å². The Kier molecular flexibility index (Phi) is 7.16. The average Bonchev–Trinajstić information content (AvgIpc) is 2.64. The molecule has 0 spiro atoms. The average molecular weight is 380 g/mol. The van der Waals surface area contributed by atoms with Crippen LogP contribution in [-0.4, -0.2) is 25.1 Å². The van der Waals surface area contributed by atoms with Crippen LogP contribution in [0.25, 0.3) is 0 Å². The lowest BCUT2D eigenvalue weighted by molar-refractivity contribution is -0.243. The molecule has 0 amide bonds. The molecule has 0 fully saturated rings. The maximum absolute atomic E-state index is 13.3. The number of ether oxygens (including phenoxy) is 3. The van der Waals surface area contributed by atoms with E-state index in [1.807, 2.05) is 13.0 Å². The van der Waals surface area contributed by atoms with Gasteiger partial charge >= 0.3 is 6.18 Å². The van der Waals surface area contributed by atoms with Gasteiger partial charge in [0, 0.05) is 7.11 Å². The van der Waals surface area contributed by atoms with Gasteiger partial charge in [-0.05, 0) is 41.8 Å². The van der Waals surface area contributed by atoms with Crippen LogP contribution in [0.1, 0.15) is 36.3 Å². The summed E-state index contributed by atoms with van der Waals surface area (Å²) in [6.45, 7) is 1.45. The minimum absolute atomic E-state index is 0.0201. The van der Waals surface area contributed by atoms with E-state index in [1.165, 1.54) is 37.6 Å². The summed E-state index contributed by atoms with van der Waals surface area (Å²) in [5, 5.41) is 8.78. The number of aryl methyl sites for hydroxylation is 1. The highest BCUT2D eigenvalue weighted by atomic mass is 19.4. The molecule has 1 aromatic carbocycles. The lowest BCUT2D eigenvalue weighted by Crippen LogP contribution is -2.24. The zero-order chi connectivity index (χ0) is 19.9. The zero-order valence-electron chi connectivity index (χ0n) is 14.9. The van der Waals surface area contributed by atoms with Crippen molar-refractivity contribution >= 4 is 0 Å². The first-order valence-electron chi connectivity index (χ1n) is 8.23. The fraction of sp³-hybridized carbons (Fsp3) is 0.368. The molecule has 0 radical (unpaired) electrons. The van der Waals surface area contributed by atoms with Gasteiger partial charge < -0.3 is 14.2 Å². The summed E-state index contributed by atoms with van der Waals surface area (Å²) in [6, 6.07) is 9.22. The lowest BCUT2D eigenvalue weighted by atomic mass is 10.0. The molecule has 0 N–H and O–H groups in total. The Balaban J connectivity index is 2.32. The molecule has 144 valence electrons. The van der Waals surface area contributed by atoms with E-state index < -0.39 is 19.1 Å². The molecule has 0 aliphatic carbocycles. The maximum atomic E-state index is 13.3. The monoisotopic (exact) mass is 380 g/mol. The Labute approximate surface area is 155 Å². The third kappa shape index (κ3) is 5.67. The Morgan fingerprint density at radius 1 is 1.22 bits per heavy atom. The summed E-state index contributed by atoms with van der Waals surface area (Å²) >= 11 is 0. The van der Waals surface area contributed by atoms with Gasteiger partial charge in [-0.3, -0.25) is 0 Å². The van der Waals surface area contributed by atoms with Gasteiger partial charge in [0.2, 0.25) is 0 Å². The summed E-state index contributed by atoms with van der Waals surface area (Å²) in [4.78, 5) is 3.91. The van der Waals surface area contributed by atoms with Crippen LogP contribution in [0, 0.1) is 11.3 Å². The van der Waals surface area contributed by atoms with E-state index in [1.54, 1.807) is 6.07 Å². The number of methoxy groups -OCH3 is 1. The van der Waals surface area contributed by atoms with E-state index in [9.17, 15) is 13.2 Å². The molecule has 2 aromatic rings. The highest BCUT2D eigenvalue weighted by Crippen LogP contribution is 2.38. The molecule has 0 aliphatic rings. The number of halogens is 3. The predicted octanol–water partition coefficient (Wildman–Crippen LogP) is 4.92. The summed E-state index contributed by atoms with van der Waals surface area (Å²) in [6.07, 6.45) is -4.01. The largest absolute Gasteiger partial charge is 0.455 e. The van der Waals surface area contributed by atoms with Gasteiger partial charge in [-0.25, -0.2) is 4.98 Å². The third-order valence-electron chi connectivity index (χ3n) is 3.64. The molecule has 1 heterocycles. The number of hydrogen-bond acceptors (Lipinski definition) is 5. The molecule has 0 saturated heterocycles. The van der Waals surface area contributed by atoms with Crippen LogP contribution in [0.15, 0.2) is 36.5 Å². The topological polar surface area (TPSA) is 64.4 Å². The quantitative estimate of drug-likeness (QED) is 0.608. The van der Waals surface area contributed by atoms with Crippen LogP contribution < -0.4 is 4.74 Å². The van der Waals surface area contributed by atoms with Gasteiger partial charge in [-0.2, -0.15) is 18.4 Å². The van der Waals surface area contributed by atoms with Crippen LogP contribution in [-0.2, 0) is 15.9 Å². The molecular weight excluding hydrogens is 361 g/mol. The van der Waals surface area contributed by atoms with Crippen LogP contribution in [0.3, 0.4) is 0 Å². The molecular formula is C19H19F3N2O3. The second kappa shape index (κ2) is 9.35. The number of pyridine rings is 1. The number of hydrogen-bond donors (Lipinski definition) is 0. The smallest absolute Gasteiger partial charge is 0.418 e. The zero-order valence-corrected chi connectivity index (χ0v) is 14.9. The van der Waals surface area contributed by atoms with Gasteiger partial charge in [-0.15, -0.1) is 0 Å². The minimum Gasteiger partial charge on any atom is -0.455 e. The van der Waals surface area contributed by atoms with Gasteiger partial charge in [0.1, 0.15) is 30.1 Å². The first-order chi connectivity index (χ1) is 12.9. The first kappa shape index (κ1) is 20.7. The summed E-state index contributed by atoms with van der Waals surface area (Å²) < 4.78 is 55.1. The number of benzene rings is 1. The summed E-state index contributed by atoms with van der Waals surface area (Å²) in [5.41, 5.74) is 0.845. The second-order valence-electron chi connectivity index (χ2n) is 5.71. The minimum atomic E-state index is -4.57. The molecule has 1 unspecified atom stereocenters. The number of nitriles is 1. The maximum Gasteiger partial charge on any atom is 0.418 e. The van der Waals surface area contributed by atoms with Gasteiger partial charge in [0.15, 0.2) is 6.10 Å². The summed E-state index contributed by atoms with van der Waals surface area (Å²) in [5.74, 6) is 0.821. The van der Waals surface area contributed by atoms with Crippen molar-refractivity contribution in [3.63, 3.8) is 0 Å². The highest BCUT2D eigenvalue weighted by molar-refractivity contribution is 5.41. The van der Waals surface area contributed by atoms with Gasteiger partial charge in [-0.1, -0.05) is 19.4 Å². The van der Waals surface area contributed by atoms with Crippen LogP contribution in [0.5, 0.6) is 11.5 Å². The SMILES string of the molecule is CCCc1cc(C(OCOC)C(F)(F)F)ccc1Oc1ccc(C#N)nc1. The van der Waals surface area contributed by atoms with Crippen molar-refractivity contribution in [1.29, 1.82) is 5.26 Å². The Morgan fingerprint density at radius 2 is 2.00 bits per heavy atom. The van der Waals surface area contributed by atoms with Crippen molar-refractivity contribution in [3.8, 4) is 17.6 Å². The second-order valence-corrected chi connectivity index (χ2v) is 5.71. The van der Waals surface area contributed by atoms with Gasteiger partial charge in [0.05, 0.1) is 6.20 Å². The van der Waals surface area contributed by atoms with Crippen molar-refractivity contribution in [1.82, 2.24) is 4.98 Å². The van der Waals surface area contributed by atoms with Crippen molar-refractivity contribution in [3.05, 3.63) is 53.3 Å². The molecule has 27 heavy (non-hydrogen) atoms. The van der Waals surface area contributed by atoms with E-state index in [0.29, 0.717) is 23.5 Å². The van der Waals surface area contributed by atoms with Crippen LogP contribution >= 0.6 is 0 Å². The number of aromatic nitrogens is 1. The van der Waals surface area contributed by atoms with E-state index in [0.717, 1.165) is 6.42 Å². The van der Waals surface area contributed by atoms with Crippen LogP contribution in [0.4, 0.5) is 13.2 Å². The van der Waals surface area contributed by atoms with Crippen molar-refractivity contribution in [2.24, 2.45) is 0 Å². The van der Waals surface area contributed by atoms with E-state index >= 15 is 0 Å². The lowest BCUT2D eigenvalue weighted by Gasteiger charge is -2.22. The fourth-order valence-corrected chi connectivity index (χ4v) is 2.48. The van der Waals surface area contributed by atoms with E-state index in [2.05, 4.69) is 9.72 Å². The standard InChI is InChI=1S/C19H19F3N2O3/c1-3-4-13-9-14(18(19(20,21)22)26-12-25-2)5-8-17(13)27-16-7-6-15(10-23)24-11-16/h5-9,11,18H,3-4,12H2,1-2H3. The molecule has 0 bridgehead atoms. The van der Waals surface area contributed by atoms with Crippen molar-refractivity contribution in [2.75, 3.05) is 13.9 Å². The molecule has 0 saturated carbocycles. The predicted molar refractivity (Wildman–Crippen MR) is 91.2 cm³/mol. The first-order valence-corrected chi connectivity index (χ1v) is 8.23. The number of rotatable bonds is 8. The van der Waals surface area contributed by atoms with E-state index in [4.69, 9.17) is 14.7 Å². The van der Waals surface area contributed by atoms with Crippen LogP contribution in [0.2, 0.25) is 0 Å². The molecule has 2 rings (SSSR count). The highest BCUT2D eigenvalue weighted by Gasteiger charge is 2.42.